The normalized spacial score (nSPS) is 11.4. The lowest BCUT2D eigenvalue weighted by Crippen LogP contribution is -2.26. The number of hydrogen-bond acceptors (Lipinski definition) is 5. The second kappa shape index (κ2) is 8.40. The maximum atomic E-state index is 13.5. The Bertz CT molecular complexity index is 1410. The van der Waals surface area contributed by atoms with E-state index in [9.17, 15) is 14.7 Å². The van der Waals surface area contributed by atoms with Crippen LogP contribution in [0.5, 0.6) is 5.75 Å². The van der Waals surface area contributed by atoms with Crippen LogP contribution in [0.15, 0.2) is 82.9 Å². The van der Waals surface area contributed by atoms with Gasteiger partial charge in [-0.15, -0.1) is 0 Å². The van der Waals surface area contributed by atoms with E-state index in [2.05, 4.69) is 15.9 Å². The minimum Gasteiger partial charge on any atom is -0.505 e. The molecule has 4 aromatic rings. The molecule has 2 aromatic heterocycles. The van der Waals surface area contributed by atoms with Crippen LogP contribution in [0.25, 0.3) is 22.2 Å². The van der Waals surface area contributed by atoms with Crippen molar-refractivity contribution in [3.8, 4) is 17.0 Å². The number of fused-ring (bicyclic) bond motifs is 1. The first kappa shape index (κ1) is 21.5. The fourth-order valence-corrected chi connectivity index (χ4v) is 5.04. The number of rotatable bonds is 4. The average Bonchev–Trinajstić information content (AvgIpc) is 2.74. The van der Waals surface area contributed by atoms with Crippen molar-refractivity contribution in [1.29, 1.82) is 0 Å². The van der Waals surface area contributed by atoms with Gasteiger partial charge in [-0.2, -0.15) is 0 Å². The maximum Gasteiger partial charge on any atom is 0.354 e. The Morgan fingerprint density at radius 1 is 1.03 bits per heavy atom. The number of pyridine rings is 1. The largest absolute Gasteiger partial charge is 0.505 e. The first-order chi connectivity index (χ1) is 14.8. The first-order valence-corrected chi connectivity index (χ1v) is 11.3. The highest BCUT2D eigenvalue weighted by Gasteiger charge is 2.25. The first-order valence-electron chi connectivity index (χ1n) is 9.74. The Kier molecular flexibility index (Phi) is 5.81. The Balaban J connectivity index is 2.07. The third-order valence-corrected chi connectivity index (χ3v) is 7.13. The molecule has 0 aliphatic carbocycles. The van der Waals surface area contributed by atoms with Gasteiger partial charge in [-0.3, -0.25) is 4.79 Å². The Morgan fingerprint density at radius 3 is 2.32 bits per heavy atom. The highest BCUT2D eigenvalue weighted by Crippen LogP contribution is 2.40. The molecule has 0 atom stereocenters. The summed E-state index contributed by atoms with van der Waals surface area (Å²) in [6, 6.07) is 16.6. The summed E-state index contributed by atoms with van der Waals surface area (Å²) in [6.45, 7) is 5.62. The Morgan fingerprint density at radius 2 is 1.68 bits per heavy atom. The number of hydrogen-bond donors (Lipinski definition) is 1. The minimum atomic E-state index is -0.686. The van der Waals surface area contributed by atoms with E-state index in [0.29, 0.717) is 11.3 Å². The lowest BCUT2D eigenvalue weighted by molar-refractivity contribution is 0.444. The summed E-state index contributed by atoms with van der Waals surface area (Å²) in [5.41, 5.74) is 1.15. The van der Waals surface area contributed by atoms with Gasteiger partial charge >= 0.3 is 5.63 Å². The molecule has 0 bridgehead atoms. The van der Waals surface area contributed by atoms with Gasteiger partial charge in [0.1, 0.15) is 10.3 Å². The molecule has 158 valence electrons. The fraction of sp³-hybridized carbons (Fsp3) is 0.167. The molecule has 5 nitrogen and oxygen atoms in total. The molecule has 0 amide bonds. The maximum absolute atomic E-state index is 13.5. The van der Waals surface area contributed by atoms with E-state index in [0.717, 1.165) is 26.7 Å². The van der Waals surface area contributed by atoms with E-state index >= 15 is 0 Å². The molecular weight excluding hydrogens is 478 g/mol. The van der Waals surface area contributed by atoms with Crippen molar-refractivity contribution in [1.82, 2.24) is 4.57 Å². The van der Waals surface area contributed by atoms with Gasteiger partial charge in [-0.1, -0.05) is 54.2 Å². The van der Waals surface area contributed by atoms with Crippen LogP contribution in [0, 0.1) is 6.92 Å². The van der Waals surface area contributed by atoms with E-state index in [-0.39, 0.29) is 27.7 Å². The van der Waals surface area contributed by atoms with E-state index in [1.54, 1.807) is 11.5 Å². The summed E-state index contributed by atoms with van der Waals surface area (Å²) >= 11 is 4.50. The molecular formula is C24H20BrNO4S. The molecule has 1 N–H and O–H groups in total. The molecule has 2 aromatic carbocycles. The number of aromatic hydroxyl groups is 1. The Hall–Kier alpha value is -2.77. The molecule has 0 aliphatic rings. The molecule has 0 radical (unpaired) electrons. The lowest BCUT2D eigenvalue weighted by Gasteiger charge is -2.21. The van der Waals surface area contributed by atoms with Crippen molar-refractivity contribution < 1.29 is 9.52 Å². The topological polar surface area (TPSA) is 72.4 Å². The third kappa shape index (κ3) is 3.72. The van der Waals surface area contributed by atoms with Crippen LogP contribution in [0.4, 0.5) is 0 Å². The second-order valence-corrected chi connectivity index (χ2v) is 9.32. The standard InChI is InChI=1S/C24H20BrNO4S/c1-13(2)26-19(15-9-5-4-6-10-15)14(3)21-18(23(26)28)20(27)22(24(29)30-21)31-17-12-8-7-11-16(17)25/h4-13,27H,1-3H3. The highest BCUT2D eigenvalue weighted by atomic mass is 79.9. The zero-order valence-corrected chi connectivity index (χ0v) is 19.6. The molecule has 0 saturated carbocycles. The molecule has 31 heavy (non-hydrogen) atoms. The lowest BCUT2D eigenvalue weighted by atomic mass is 10.0. The van der Waals surface area contributed by atoms with Crippen molar-refractivity contribution in [2.24, 2.45) is 0 Å². The highest BCUT2D eigenvalue weighted by molar-refractivity contribution is 9.10. The van der Waals surface area contributed by atoms with Crippen molar-refractivity contribution in [3.05, 3.63) is 85.4 Å². The summed E-state index contributed by atoms with van der Waals surface area (Å²) in [4.78, 5) is 27.1. The van der Waals surface area contributed by atoms with Gasteiger partial charge in [0.2, 0.25) is 0 Å². The number of halogens is 1. The zero-order chi connectivity index (χ0) is 22.3. The van der Waals surface area contributed by atoms with Crippen LogP contribution in [0.2, 0.25) is 0 Å². The zero-order valence-electron chi connectivity index (χ0n) is 17.2. The van der Waals surface area contributed by atoms with E-state index in [1.807, 2.05) is 68.4 Å². The van der Waals surface area contributed by atoms with Gasteiger partial charge in [-0.25, -0.2) is 4.79 Å². The molecule has 0 fully saturated rings. The van der Waals surface area contributed by atoms with Crippen molar-refractivity contribution >= 4 is 38.7 Å². The summed E-state index contributed by atoms with van der Waals surface area (Å²) in [5.74, 6) is -0.353. The summed E-state index contributed by atoms with van der Waals surface area (Å²) in [7, 11) is 0. The van der Waals surface area contributed by atoms with E-state index in [4.69, 9.17) is 4.42 Å². The van der Waals surface area contributed by atoms with Crippen molar-refractivity contribution in [2.75, 3.05) is 0 Å². The van der Waals surface area contributed by atoms with Gasteiger partial charge < -0.3 is 14.1 Å². The van der Waals surface area contributed by atoms with Gasteiger partial charge in [0.25, 0.3) is 5.56 Å². The number of nitrogens with zero attached hydrogens (tertiary/aromatic N) is 1. The van der Waals surface area contributed by atoms with Crippen LogP contribution >= 0.6 is 27.7 Å². The smallest absolute Gasteiger partial charge is 0.354 e. The summed E-state index contributed by atoms with van der Waals surface area (Å²) < 4.78 is 8.04. The van der Waals surface area contributed by atoms with Crippen LogP contribution in [-0.2, 0) is 0 Å². The summed E-state index contributed by atoms with van der Waals surface area (Å²) in [6.07, 6.45) is 0. The quantitative estimate of drug-likeness (QED) is 0.367. The number of aryl methyl sites for hydroxylation is 1. The van der Waals surface area contributed by atoms with Crippen molar-refractivity contribution in [3.63, 3.8) is 0 Å². The predicted molar refractivity (Wildman–Crippen MR) is 127 cm³/mol. The number of aromatic nitrogens is 1. The SMILES string of the molecule is Cc1c(-c2ccccc2)n(C(C)C)c(=O)c2c(O)c(Sc3ccccc3Br)c(=O)oc12. The van der Waals surface area contributed by atoms with Gasteiger partial charge in [0.05, 0.1) is 5.69 Å². The molecule has 7 heteroatoms. The van der Waals surface area contributed by atoms with Gasteiger partial charge in [0.15, 0.2) is 11.3 Å². The predicted octanol–water partition coefficient (Wildman–Crippen LogP) is 6.13. The van der Waals surface area contributed by atoms with Crippen LogP contribution in [0.3, 0.4) is 0 Å². The van der Waals surface area contributed by atoms with E-state index < -0.39 is 11.2 Å². The fourth-order valence-electron chi connectivity index (χ4n) is 3.65. The second-order valence-electron chi connectivity index (χ2n) is 7.41. The molecule has 0 saturated heterocycles. The molecule has 4 rings (SSSR count). The van der Waals surface area contributed by atoms with Gasteiger partial charge in [0, 0.05) is 21.0 Å². The molecule has 0 spiro atoms. The van der Waals surface area contributed by atoms with Crippen LogP contribution in [0.1, 0.15) is 25.5 Å². The van der Waals surface area contributed by atoms with Crippen molar-refractivity contribution in [2.45, 2.75) is 36.6 Å². The molecule has 0 aliphatic heterocycles. The van der Waals surface area contributed by atoms with Gasteiger partial charge in [-0.05, 0) is 54.4 Å². The van der Waals surface area contributed by atoms with E-state index in [1.165, 1.54) is 0 Å². The monoisotopic (exact) mass is 497 g/mol. The third-order valence-electron chi connectivity index (χ3n) is 5.04. The summed E-state index contributed by atoms with van der Waals surface area (Å²) in [5, 5.41) is 11.1. The molecule has 0 unspecified atom stereocenters. The average molecular weight is 498 g/mol. The number of benzene rings is 2. The van der Waals surface area contributed by atoms with Crippen LogP contribution in [-0.4, -0.2) is 9.67 Å². The Labute approximate surface area is 191 Å². The molecule has 2 heterocycles. The van der Waals surface area contributed by atoms with Crippen LogP contribution < -0.4 is 11.2 Å². The minimum absolute atomic E-state index is 0.0139.